The molecule has 0 unspecified atom stereocenters. The monoisotopic (exact) mass is 254 g/mol. The lowest BCUT2D eigenvalue weighted by Crippen LogP contribution is -2.07. The van der Waals surface area contributed by atoms with Crippen LogP contribution >= 0.6 is 22.7 Å². The van der Waals surface area contributed by atoms with Crippen LogP contribution in [-0.4, -0.2) is 24.1 Å². The maximum Gasteiger partial charge on any atom is 0.185 e. The summed E-state index contributed by atoms with van der Waals surface area (Å²) in [5.74, 6) is 0. The molecule has 2 aromatic rings. The van der Waals surface area contributed by atoms with Gasteiger partial charge in [0.05, 0.1) is 16.3 Å². The van der Waals surface area contributed by atoms with Crippen LogP contribution in [-0.2, 0) is 6.42 Å². The minimum atomic E-state index is 0.608. The number of aromatic nitrogens is 2. The molecule has 0 amide bonds. The van der Waals surface area contributed by atoms with Crippen LogP contribution < -0.4 is 10.6 Å². The first kappa shape index (κ1) is 11.3. The zero-order chi connectivity index (χ0) is 11.7. The van der Waals surface area contributed by atoms with Crippen molar-refractivity contribution in [1.29, 1.82) is 0 Å². The molecule has 86 valence electrons. The first-order valence-electron chi connectivity index (χ1n) is 5.00. The molecule has 2 rings (SSSR count). The third-order valence-electron chi connectivity index (χ3n) is 2.16. The molecule has 0 aliphatic heterocycles. The normalized spacial score (nSPS) is 10.7. The van der Waals surface area contributed by atoms with E-state index in [1.165, 1.54) is 11.3 Å². The minimum Gasteiger partial charge on any atom is -0.375 e. The molecule has 0 saturated heterocycles. The molecule has 0 aliphatic rings. The van der Waals surface area contributed by atoms with Crippen LogP contribution in [0.25, 0.3) is 10.6 Å². The third-order valence-corrected chi connectivity index (χ3v) is 4.12. The molecular formula is C10H14N4S2. The molecule has 2 aromatic heterocycles. The first-order valence-corrected chi connectivity index (χ1v) is 6.69. The Bertz CT molecular complexity index is 487. The van der Waals surface area contributed by atoms with Gasteiger partial charge >= 0.3 is 0 Å². The van der Waals surface area contributed by atoms with Crippen molar-refractivity contribution in [3.8, 4) is 10.6 Å². The Morgan fingerprint density at radius 3 is 2.62 bits per heavy atom. The number of aryl methyl sites for hydroxylation is 1. The van der Waals surface area contributed by atoms with Crippen molar-refractivity contribution in [2.75, 3.05) is 24.7 Å². The summed E-state index contributed by atoms with van der Waals surface area (Å²) in [6.07, 6.45) is 0.914. The molecule has 0 saturated carbocycles. The predicted molar refractivity (Wildman–Crippen MR) is 71.3 cm³/mol. The molecule has 0 aliphatic carbocycles. The molecule has 2 N–H and O–H groups in total. The highest BCUT2D eigenvalue weighted by atomic mass is 32.1. The van der Waals surface area contributed by atoms with Crippen LogP contribution in [0.4, 0.5) is 10.3 Å². The van der Waals surface area contributed by atoms with Crippen LogP contribution in [0.15, 0.2) is 5.38 Å². The number of anilines is 2. The second-order valence-electron chi connectivity index (χ2n) is 3.59. The molecule has 0 aromatic carbocycles. The van der Waals surface area contributed by atoms with Gasteiger partial charge in [-0.1, -0.05) is 18.3 Å². The fourth-order valence-corrected chi connectivity index (χ4v) is 3.03. The molecule has 0 spiro atoms. The van der Waals surface area contributed by atoms with Gasteiger partial charge in [-0.25, -0.2) is 9.97 Å². The number of rotatable bonds is 3. The van der Waals surface area contributed by atoms with Crippen molar-refractivity contribution in [2.24, 2.45) is 0 Å². The Labute approximate surface area is 103 Å². The van der Waals surface area contributed by atoms with Crippen LogP contribution in [0.2, 0.25) is 0 Å². The van der Waals surface area contributed by atoms with E-state index in [1.54, 1.807) is 11.3 Å². The number of thiazole rings is 2. The molecule has 0 bridgehead atoms. The van der Waals surface area contributed by atoms with E-state index >= 15 is 0 Å². The van der Waals surface area contributed by atoms with E-state index in [2.05, 4.69) is 16.9 Å². The molecule has 4 nitrogen and oxygen atoms in total. The maximum atomic E-state index is 5.66. The Balaban J connectivity index is 2.47. The van der Waals surface area contributed by atoms with Gasteiger partial charge in [-0.15, -0.1) is 11.3 Å². The van der Waals surface area contributed by atoms with Crippen molar-refractivity contribution in [1.82, 2.24) is 9.97 Å². The fourth-order valence-electron chi connectivity index (χ4n) is 1.36. The summed E-state index contributed by atoms with van der Waals surface area (Å²) in [5.41, 5.74) is 7.70. The summed E-state index contributed by atoms with van der Waals surface area (Å²) in [6, 6.07) is 0. The minimum absolute atomic E-state index is 0.608. The van der Waals surface area contributed by atoms with E-state index in [0.29, 0.717) is 5.13 Å². The smallest absolute Gasteiger partial charge is 0.185 e. The zero-order valence-corrected chi connectivity index (χ0v) is 11.2. The lowest BCUT2D eigenvalue weighted by molar-refractivity contribution is 1.03. The van der Waals surface area contributed by atoms with Gasteiger partial charge in [0, 0.05) is 19.5 Å². The summed E-state index contributed by atoms with van der Waals surface area (Å²) in [5, 5.41) is 3.61. The van der Waals surface area contributed by atoms with Crippen LogP contribution in [0.3, 0.4) is 0 Å². The van der Waals surface area contributed by atoms with Gasteiger partial charge < -0.3 is 10.6 Å². The lowest BCUT2D eigenvalue weighted by atomic mass is 10.2. The van der Waals surface area contributed by atoms with Crippen molar-refractivity contribution in [3.05, 3.63) is 11.1 Å². The molecule has 0 radical (unpaired) electrons. The number of nitrogen functional groups attached to an aromatic ring is 1. The second kappa shape index (κ2) is 4.39. The van der Waals surface area contributed by atoms with Gasteiger partial charge in [-0.05, 0) is 6.42 Å². The predicted octanol–water partition coefficient (Wildman–Crippen LogP) is 2.48. The molecule has 6 heteroatoms. The first-order chi connectivity index (χ1) is 7.61. The van der Waals surface area contributed by atoms with Crippen molar-refractivity contribution < 1.29 is 0 Å². The third kappa shape index (κ3) is 2.03. The van der Waals surface area contributed by atoms with E-state index in [1.807, 2.05) is 24.4 Å². The van der Waals surface area contributed by atoms with Crippen molar-refractivity contribution >= 4 is 32.9 Å². The van der Waals surface area contributed by atoms with Crippen LogP contribution in [0.5, 0.6) is 0 Å². The van der Waals surface area contributed by atoms with E-state index < -0.39 is 0 Å². The van der Waals surface area contributed by atoms with Gasteiger partial charge in [0.25, 0.3) is 0 Å². The fraction of sp³-hybridized carbons (Fsp3) is 0.400. The zero-order valence-electron chi connectivity index (χ0n) is 9.52. The number of hydrogen-bond donors (Lipinski definition) is 1. The Morgan fingerprint density at radius 2 is 2.12 bits per heavy atom. The van der Waals surface area contributed by atoms with Gasteiger partial charge in [-0.3, -0.25) is 0 Å². The molecule has 0 atom stereocenters. The van der Waals surface area contributed by atoms with E-state index in [4.69, 9.17) is 5.73 Å². The number of hydrogen-bond acceptors (Lipinski definition) is 6. The van der Waals surface area contributed by atoms with E-state index in [9.17, 15) is 0 Å². The topological polar surface area (TPSA) is 55.0 Å². The maximum absolute atomic E-state index is 5.66. The summed E-state index contributed by atoms with van der Waals surface area (Å²) >= 11 is 3.13. The SMILES string of the molecule is CCc1nc(N(C)C)sc1-c1csc(N)n1. The largest absolute Gasteiger partial charge is 0.375 e. The summed E-state index contributed by atoms with van der Waals surface area (Å²) in [6.45, 7) is 2.10. The Kier molecular flexibility index (Phi) is 3.11. The second-order valence-corrected chi connectivity index (χ2v) is 5.46. The highest BCUT2D eigenvalue weighted by Crippen LogP contribution is 2.35. The quantitative estimate of drug-likeness (QED) is 0.914. The van der Waals surface area contributed by atoms with E-state index in [-0.39, 0.29) is 0 Å². The molecule has 0 fully saturated rings. The average molecular weight is 254 g/mol. The van der Waals surface area contributed by atoms with Gasteiger partial charge in [0.2, 0.25) is 0 Å². The number of nitrogens with two attached hydrogens (primary N) is 1. The van der Waals surface area contributed by atoms with E-state index in [0.717, 1.165) is 27.8 Å². The van der Waals surface area contributed by atoms with Crippen LogP contribution in [0.1, 0.15) is 12.6 Å². The Morgan fingerprint density at radius 1 is 1.38 bits per heavy atom. The standard InChI is InChI=1S/C10H14N4S2/c1-4-6-8(7-5-15-9(11)12-7)16-10(13-6)14(2)3/h5H,4H2,1-3H3,(H2,11,12). The average Bonchev–Trinajstić information content (AvgIpc) is 2.82. The molecule has 2 heterocycles. The van der Waals surface area contributed by atoms with Crippen molar-refractivity contribution in [2.45, 2.75) is 13.3 Å². The summed E-state index contributed by atoms with van der Waals surface area (Å²) in [7, 11) is 3.99. The summed E-state index contributed by atoms with van der Waals surface area (Å²) in [4.78, 5) is 12.0. The molecule has 16 heavy (non-hydrogen) atoms. The number of nitrogens with zero attached hydrogens (tertiary/aromatic N) is 3. The highest BCUT2D eigenvalue weighted by Gasteiger charge is 2.14. The van der Waals surface area contributed by atoms with Gasteiger partial charge in [0.15, 0.2) is 10.3 Å². The molecular weight excluding hydrogens is 240 g/mol. The van der Waals surface area contributed by atoms with Crippen molar-refractivity contribution in [3.63, 3.8) is 0 Å². The van der Waals surface area contributed by atoms with Gasteiger partial charge in [-0.2, -0.15) is 0 Å². The van der Waals surface area contributed by atoms with Gasteiger partial charge in [0.1, 0.15) is 0 Å². The summed E-state index contributed by atoms with van der Waals surface area (Å²) < 4.78 is 0. The highest BCUT2D eigenvalue weighted by molar-refractivity contribution is 7.19. The lowest BCUT2D eigenvalue weighted by Gasteiger charge is -2.05. The van der Waals surface area contributed by atoms with Crippen LogP contribution in [0, 0.1) is 0 Å². The Hall–Kier alpha value is -1.14.